The van der Waals surface area contributed by atoms with E-state index in [9.17, 15) is 8.42 Å². The van der Waals surface area contributed by atoms with E-state index in [2.05, 4.69) is 19.9 Å². The first-order valence-electron chi connectivity index (χ1n) is 11.4. The third kappa shape index (κ3) is 7.23. The predicted molar refractivity (Wildman–Crippen MR) is 136 cm³/mol. The summed E-state index contributed by atoms with van der Waals surface area (Å²) in [5.41, 5.74) is 3.54. The fourth-order valence-corrected chi connectivity index (χ4v) is 4.78. The van der Waals surface area contributed by atoms with Crippen molar-refractivity contribution in [1.82, 2.24) is 14.6 Å². The molecule has 0 saturated carbocycles. The zero-order valence-electron chi connectivity index (χ0n) is 19.1. The van der Waals surface area contributed by atoms with Crippen molar-refractivity contribution in [2.75, 3.05) is 44.7 Å². The highest BCUT2D eigenvalue weighted by Crippen LogP contribution is 2.21. The number of rotatable bonds is 10. The van der Waals surface area contributed by atoms with Gasteiger partial charge in [0.2, 0.25) is 10.0 Å². The van der Waals surface area contributed by atoms with Gasteiger partial charge < -0.3 is 10.1 Å². The number of ether oxygens (including phenoxy) is 1. The van der Waals surface area contributed by atoms with Crippen LogP contribution in [0.15, 0.2) is 77.8 Å². The van der Waals surface area contributed by atoms with Crippen molar-refractivity contribution < 1.29 is 13.2 Å². The lowest BCUT2D eigenvalue weighted by Crippen LogP contribution is -2.38. The van der Waals surface area contributed by atoms with Crippen LogP contribution in [-0.2, 0) is 14.8 Å². The number of anilines is 2. The zero-order chi connectivity index (χ0) is 23.6. The van der Waals surface area contributed by atoms with Crippen molar-refractivity contribution in [2.45, 2.75) is 11.3 Å². The molecule has 1 fully saturated rings. The predicted octanol–water partition coefficient (Wildman–Crippen LogP) is 4.00. The van der Waals surface area contributed by atoms with Crippen LogP contribution in [0.1, 0.15) is 17.7 Å². The first-order valence-corrected chi connectivity index (χ1v) is 12.9. The maximum Gasteiger partial charge on any atom is 0.240 e. The van der Waals surface area contributed by atoms with Crippen LogP contribution >= 0.6 is 0 Å². The standard InChI is InChI=1S/C26H30N4O3S/c31-34(32,28-15-4-16-30-17-19-33-20-18-30)26-7-3-6-25(21-26)29-24-12-9-22(10-13-24)8-11-23-5-1-2-14-27-23/h1-3,5-14,21,28-29H,4,15-20H2/b11-8+. The Kier molecular flexibility index (Phi) is 8.43. The molecule has 1 aliphatic heterocycles. The molecule has 0 unspecified atom stereocenters. The van der Waals surface area contributed by atoms with Crippen LogP contribution in [0.2, 0.25) is 0 Å². The van der Waals surface area contributed by atoms with E-state index in [1.54, 1.807) is 24.4 Å². The molecule has 8 heteroatoms. The summed E-state index contributed by atoms with van der Waals surface area (Å²) >= 11 is 0. The van der Waals surface area contributed by atoms with Crippen molar-refractivity contribution >= 4 is 33.6 Å². The molecule has 4 rings (SSSR count). The van der Waals surface area contributed by atoms with Gasteiger partial charge in [0.25, 0.3) is 0 Å². The van der Waals surface area contributed by atoms with E-state index in [1.807, 2.05) is 60.7 Å². The summed E-state index contributed by atoms with van der Waals surface area (Å²) < 4.78 is 33.5. The number of nitrogens with one attached hydrogen (secondary N) is 2. The zero-order valence-corrected chi connectivity index (χ0v) is 19.9. The molecule has 0 bridgehead atoms. The SMILES string of the molecule is O=S(=O)(NCCCN1CCOCC1)c1cccc(Nc2ccc(/C=C/c3ccccn3)cc2)c1. The molecule has 2 heterocycles. The molecule has 2 aromatic carbocycles. The van der Waals surface area contributed by atoms with Crippen molar-refractivity contribution in [2.24, 2.45) is 0 Å². The summed E-state index contributed by atoms with van der Waals surface area (Å²) in [6.45, 7) is 4.57. The molecule has 1 aliphatic rings. The van der Waals surface area contributed by atoms with Crippen LogP contribution in [0, 0.1) is 0 Å². The maximum absolute atomic E-state index is 12.7. The molecular formula is C26H30N4O3S. The monoisotopic (exact) mass is 478 g/mol. The minimum absolute atomic E-state index is 0.249. The fourth-order valence-electron chi connectivity index (χ4n) is 3.66. The van der Waals surface area contributed by atoms with Crippen LogP contribution in [0.3, 0.4) is 0 Å². The summed E-state index contributed by atoms with van der Waals surface area (Å²) in [5.74, 6) is 0. The van der Waals surface area contributed by atoms with Crippen LogP contribution in [0.25, 0.3) is 12.2 Å². The Bertz CT molecular complexity index is 1180. The Labute approximate surface area is 201 Å². The van der Waals surface area contributed by atoms with Gasteiger partial charge in [0.15, 0.2) is 0 Å². The molecule has 3 aromatic rings. The topological polar surface area (TPSA) is 83.6 Å². The van der Waals surface area contributed by atoms with Crippen LogP contribution in [0.4, 0.5) is 11.4 Å². The second-order valence-electron chi connectivity index (χ2n) is 8.07. The van der Waals surface area contributed by atoms with E-state index < -0.39 is 10.0 Å². The molecule has 2 N–H and O–H groups in total. The van der Waals surface area contributed by atoms with Crippen molar-refractivity contribution in [3.8, 4) is 0 Å². The number of hydrogen-bond donors (Lipinski definition) is 2. The second kappa shape index (κ2) is 11.9. The summed E-state index contributed by atoms with van der Waals surface area (Å²) in [7, 11) is -3.57. The van der Waals surface area contributed by atoms with E-state index >= 15 is 0 Å². The van der Waals surface area contributed by atoms with Crippen molar-refractivity contribution in [3.63, 3.8) is 0 Å². The lowest BCUT2D eigenvalue weighted by Gasteiger charge is -2.26. The summed E-state index contributed by atoms with van der Waals surface area (Å²) in [6.07, 6.45) is 6.50. The highest BCUT2D eigenvalue weighted by molar-refractivity contribution is 7.89. The Morgan fingerprint density at radius 2 is 1.76 bits per heavy atom. The fraction of sp³-hybridized carbons (Fsp3) is 0.269. The van der Waals surface area contributed by atoms with E-state index in [0.717, 1.165) is 56.2 Å². The Balaban J connectivity index is 1.31. The molecule has 1 saturated heterocycles. The minimum Gasteiger partial charge on any atom is -0.379 e. The number of nitrogens with zero attached hydrogens (tertiary/aromatic N) is 2. The molecule has 0 radical (unpaired) electrons. The van der Waals surface area contributed by atoms with Gasteiger partial charge in [-0.05, 0) is 67.1 Å². The average Bonchev–Trinajstić information content (AvgIpc) is 2.88. The van der Waals surface area contributed by atoms with E-state index in [0.29, 0.717) is 12.2 Å². The number of benzene rings is 2. The van der Waals surface area contributed by atoms with Crippen molar-refractivity contribution in [3.05, 3.63) is 84.2 Å². The van der Waals surface area contributed by atoms with Gasteiger partial charge in [-0.1, -0.05) is 30.3 Å². The third-order valence-electron chi connectivity index (χ3n) is 5.52. The third-order valence-corrected chi connectivity index (χ3v) is 6.98. The van der Waals surface area contributed by atoms with Gasteiger partial charge in [-0.3, -0.25) is 9.88 Å². The Morgan fingerprint density at radius 1 is 0.941 bits per heavy atom. The van der Waals surface area contributed by atoms with Crippen LogP contribution in [0.5, 0.6) is 0 Å². The average molecular weight is 479 g/mol. The van der Waals surface area contributed by atoms with Crippen molar-refractivity contribution in [1.29, 1.82) is 0 Å². The Morgan fingerprint density at radius 3 is 2.53 bits per heavy atom. The first kappa shape index (κ1) is 24.1. The van der Waals surface area contributed by atoms with Gasteiger partial charge in [0, 0.05) is 37.2 Å². The first-order chi connectivity index (χ1) is 16.6. The molecular weight excluding hydrogens is 448 g/mol. The number of sulfonamides is 1. The highest BCUT2D eigenvalue weighted by Gasteiger charge is 2.15. The van der Waals surface area contributed by atoms with E-state index in [1.165, 1.54) is 0 Å². The molecule has 0 amide bonds. The molecule has 34 heavy (non-hydrogen) atoms. The smallest absolute Gasteiger partial charge is 0.240 e. The Hall–Kier alpha value is -3.04. The lowest BCUT2D eigenvalue weighted by molar-refractivity contribution is 0.0376. The van der Waals surface area contributed by atoms with Gasteiger partial charge in [-0.25, -0.2) is 13.1 Å². The van der Waals surface area contributed by atoms with E-state index in [-0.39, 0.29) is 4.90 Å². The quantitative estimate of drug-likeness (QED) is 0.429. The number of morpholine rings is 1. The molecule has 0 spiro atoms. The summed E-state index contributed by atoms with van der Waals surface area (Å²) in [5, 5.41) is 3.28. The maximum atomic E-state index is 12.7. The van der Waals surface area contributed by atoms with Crippen LogP contribution in [-0.4, -0.2) is 57.7 Å². The molecule has 1 aromatic heterocycles. The minimum atomic E-state index is -3.57. The molecule has 7 nitrogen and oxygen atoms in total. The highest BCUT2D eigenvalue weighted by atomic mass is 32.2. The second-order valence-corrected chi connectivity index (χ2v) is 9.84. The largest absolute Gasteiger partial charge is 0.379 e. The normalized spacial score (nSPS) is 14.9. The van der Waals surface area contributed by atoms with Gasteiger partial charge >= 0.3 is 0 Å². The molecule has 178 valence electrons. The number of aromatic nitrogens is 1. The van der Waals surface area contributed by atoms with E-state index in [4.69, 9.17) is 4.74 Å². The molecule has 0 aliphatic carbocycles. The summed E-state index contributed by atoms with van der Waals surface area (Å²) in [6, 6.07) is 20.6. The summed E-state index contributed by atoms with van der Waals surface area (Å²) in [4.78, 5) is 6.82. The van der Waals surface area contributed by atoms with Gasteiger partial charge in [-0.2, -0.15) is 0 Å². The molecule has 0 atom stereocenters. The lowest BCUT2D eigenvalue weighted by atomic mass is 10.1. The van der Waals surface area contributed by atoms with Gasteiger partial charge in [0.05, 0.1) is 23.8 Å². The van der Waals surface area contributed by atoms with Gasteiger partial charge in [-0.15, -0.1) is 0 Å². The van der Waals surface area contributed by atoms with Gasteiger partial charge in [0.1, 0.15) is 0 Å². The van der Waals surface area contributed by atoms with Crippen LogP contribution < -0.4 is 10.0 Å². The number of pyridine rings is 1. The number of hydrogen-bond acceptors (Lipinski definition) is 6.